The summed E-state index contributed by atoms with van der Waals surface area (Å²) < 4.78 is 0. The first kappa shape index (κ1) is 43.9. The van der Waals surface area contributed by atoms with Gasteiger partial charge in [-0.3, -0.25) is 0 Å². The molecule has 3 aliphatic rings. The molecule has 8 aromatic rings. The zero-order valence-electron chi connectivity index (χ0n) is 40.5. The van der Waals surface area contributed by atoms with Crippen molar-refractivity contribution in [3.63, 3.8) is 0 Å². The lowest BCUT2D eigenvalue weighted by molar-refractivity contribution is 0.217. The van der Waals surface area contributed by atoms with Gasteiger partial charge in [0.15, 0.2) is 0 Å². The van der Waals surface area contributed by atoms with Gasteiger partial charge in [-0.05, 0) is 179 Å². The standard InChI is InChI=1S/C66H66N2/c1-47(2)48-42-44-66(45-43-48,52-30-36-57(37-31-52)67(54-22-13-7-14-23-54)55-24-15-8-16-25-55)53-32-38-58(39-33-53)68(56-34-28-50(29-35-56)49-18-9-5-10-19-49)59-40-41-61-63(46-59)65(3,4)62-27-17-26-60(64(61)62)51-20-11-6-12-21-51/h6-8,11-17,20-41,46-49H,5,9-10,18-19,42-45H2,1-4H3. The fourth-order valence-corrected chi connectivity index (χ4v) is 12.6. The van der Waals surface area contributed by atoms with Gasteiger partial charge in [0.2, 0.25) is 0 Å². The molecule has 0 spiro atoms. The lowest BCUT2D eigenvalue weighted by Crippen LogP contribution is -2.34. The van der Waals surface area contributed by atoms with E-state index in [1.165, 1.54) is 118 Å². The van der Waals surface area contributed by atoms with Crippen molar-refractivity contribution in [1.82, 2.24) is 0 Å². The van der Waals surface area contributed by atoms with E-state index in [1.807, 2.05) is 0 Å². The van der Waals surface area contributed by atoms with E-state index in [2.05, 4.69) is 238 Å². The fraction of sp³-hybridized carbons (Fsp3) is 0.273. The van der Waals surface area contributed by atoms with Crippen LogP contribution in [0.3, 0.4) is 0 Å². The van der Waals surface area contributed by atoms with Crippen molar-refractivity contribution >= 4 is 34.1 Å². The molecule has 0 unspecified atom stereocenters. The van der Waals surface area contributed by atoms with E-state index in [9.17, 15) is 0 Å². The Morgan fingerprint density at radius 1 is 0.426 bits per heavy atom. The van der Waals surface area contributed by atoms with Gasteiger partial charge >= 0.3 is 0 Å². The maximum Gasteiger partial charge on any atom is 0.0465 e. The summed E-state index contributed by atoms with van der Waals surface area (Å²) in [6.45, 7) is 9.66. The number of hydrogen-bond donors (Lipinski definition) is 0. The maximum absolute atomic E-state index is 2.52. The van der Waals surface area contributed by atoms with Gasteiger partial charge in [0.05, 0.1) is 0 Å². The fourth-order valence-electron chi connectivity index (χ4n) is 12.6. The SMILES string of the molecule is CC(C)C1CCC(c2ccc(N(c3ccccc3)c3ccccc3)cc2)(c2ccc(N(c3ccc(C4CCCCC4)cc3)c3ccc4c(c3)C(C)(C)c3cccc(-c5ccccc5)c3-4)cc2)CC1. The largest absolute Gasteiger partial charge is 0.311 e. The number of rotatable bonds is 11. The summed E-state index contributed by atoms with van der Waals surface area (Å²) in [7, 11) is 0. The summed E-state index contributed by atoms with van der Waals surface area (Å²) in [6, 6.07) is 75.6. The van der Waals surface area contributed by atoms with Crippen LogP contribution >= 0.6 is 0 Å². The van der Waals surface area contributed by atoms with Crippen LogP contribution in [-0.2, 0) is 10.8 Å². The van der Waals surface area contributed by atoms with Crippen LogP contribution in [0, 0.1) is 11.8 Å². The second-order valence-electron chi connectivity index (χ2n) is 21.0. The smallest absolute Gasteiger partial charge is 0.0465 e. The van der Waals surface area contributed by atoms with Crippen molar-refractivity contribution < 1.29 is 0 Å². The Kier molecular flexibility index (Phi) is 11.9. The van der Waals surface area contributed by atoms with Gasteiger partial charge in [0, 0.05) is 45.0 Å². The van der Waals surface area contributed by atoms with Crippen LogP contribution in [0.15, 0.2) is 200 Å². The van der Waals surface area contributed by atoms with Gasteiger partial charge in [-0.25, -0.2) is 0 Å². The summed E-state index contributed by atoms with van der Waals surface area (Å²) in [5, 5.41) is 0. The van der Waals surface area contributed by atoms with Gasteiger partial charge in [-0.1, -0.05) is 174 Å². The van der Waals surface area contributed by atoms with Crippen molar-refractivity contribution in [2.24, 2.45) is 11.8 Å². The molecular formula is C66H66N2. The predicted octanol–water partition coefficient (Wildman–Crippen LogP) is 18.8. The van der Waals surface area contributed by atoms with Crippen LogP contribution in [-0.4, -0.2) is 0 Å². The van der Waals surface area contributed by atoms with Crippen molar-refractivity contribution in [1.29, 1.82) is 0 Å². The van der Waals surface area contributed by atoms with Crippen LogP contribution in [0.5, 0.6) is 0 Å². The Bertz CT molecular complexity index is 2910. The number of fused-ring (bicyclic) bond motifs is 3. The lowest BCUT2D eigenvalue weighted by atomic mass is 9.61. The molecule has 0 N–H and O–H groups in total. The van der Waals surface area contributed by atoms with Gasteiger partial charge < -0.3 is 9.80 Å². The molecule has 2 nitrogen and oxygen atoms in total. The van der Waals surface area contributed by atoms with E-state index in [4.69, 9.17) is 0 Å². The second-order valence-corrected chi connectivity index (χ2v) is 21.0. The van der Waals surface area contributed by atoms with Crippen LogP contribution in [0.4, 0.5) is 34.1 Å². The molecule has 0 atom stereocenters. The molecule has 8 aromatic carbocycles. The highest BCUT2D eigenvalue weighted by Crippen LogP contribution is 2.54. The third-order valence-electron chi connectivity index (χ3n) is 16.5. The highest BCUT2D eigenvalue weighted by Gasteiger charge is 2.40. The molecule has 0 aromatic heterocycles. The van der Waals surface area contributed by atoms with E-state index in [-0.39, 0.29) is 10.8 Å². The third kappa shape index (κ3) is 8.06. The summed E-state index contributed by atoms with van der Waals surface area (Å²) in [6.07, 6.45) is 11.4. The molecule has 0 bridgehead atoms. The number of benzene rings is 8. The molecular weight excluding hydrogens is 821 g/mol. The minimum absolute atomic E-state index is 0.0704. The van der Waals surface area contributed by atoms with Gasteiger partial charge in [-0.15, -0.1) is 0 Å². The molecule has 0 saturated heterocycles. The highest BCUT2D eigenvalue weighted by molar-refractivity contribution is 5.94. The number of hydrogen-bond acceptors (Lipinski definition) is 2. The van der Waals surface area contributed by atoms with Crippen molar-refractivity contribution in [3.05, 3.63) is 228 Å². The lowest BCUT2D eigenvalue weighted by Gasteiger charge is -2.43. The summed E-state index contributed by atoms with van der Waals surface area (Å²) in [4.78, 5) is 4.89. The van der Waals surface area contributed by atoms with Gasteiger partial charge in [0.1, 0.15) is 0 Å². The number of para-hydroxylation sites is 2. The first-order valence-electron chi connectivity index (χ1n) is 25.6. The molecule has 0 amide bonds. The molecule has 68 heavy (non-hydrogen) atoms. The van der Waals surface area contributed by atoms with E-state index in [0.717, 1.165) is 30.1 Å². The van der Waals surface area contributed by atoms with Gasteiger partial charge in [0.25, 0.3) is 0 Å². The Balaban J connectivity index is 0.988. The Hall–Kier alpha value is -6.64. The second kappa shape index (κ2) is 18.5. The van der Waals surface area contributed by atoms with Crippen LogP contribution < -0.4 is 9.80 Å². The Labute approximate surface area is 406 Å². The van der Waals surface area contributed by atoms with Crippen molar-refractivity contribution in [2.45, 2.75) is 102 Å². The van der Waals surface area contributed by atoms with Gasteiger partial charge in [-0.2, -0.15) is 0 Å². The predicted molar refractivity (Wildman–Crippen MR) is 289 cm³/mol. The zero-order chi connectivity index (χ0) is 46.2. The monoisotopic (exact) mass is 887 g/mol. The highest BCUT2D eigenvalue weighted by atomic mass is 15.1. The average molecular weight is 887 g/mol. The molecule has 2 saturated carbocycles. The molecule has 2 fully saturated rings. The summed E-state index contributed by atoms with van der Waals surface area (Å²) in [5.41, 5.74) is 19.3. The maximum atomic E-state index is 2.52. The first-order valence-corrected chi connectivity index (χ1v) is 25.6. The molecule has 11 rings (SSSR count). The third-order valence-corrected chi connectivity index (χ3v) is 16.5. The van der Waals surface area contributed by atoms with E-state index in [1.54, 1.807) is 0 Å². The van der Waals surface area contributed by atoms with Crippen molar-refractivity contribution in [3.8, 4) is 22.3 Å². The molecule has 0 radical (unpaired) electrons. The average Bonchev–Trinajstić information content (AvgIpc) is 3.63. The molecule has 2 heteroatoms. The number of nitrogens with zero attached hydrogens (tertiary/aromatic N) is 2. The molecule has 0 aliphatic heterocycles. The summed E-state index contributed by atoms with van der Waals surface area (Å²) >= 11 is 0. The van der Waals surface area contributed by atoms with E-state index >= 15 is 0 Å². The molecule has 0 heterocycles. The molecule has 3 aliphatic carbocycles. The first-order chi connectivity index (χ1) is 33.3. The van der Waals surface area contributed by atoms with Crippen molar-refractivity contribution in [2.75, 3.05) is 9.80 Å². The zero-order valence-corrected chi connectivity index (χ0v) is 40.5. The summed E-state index contributed by atoms with van der Waals surface area (Å²) in [5.74, 6) is 2.11. The normalized spacial score (nSPS) is 18.8. The van der Waals surface area contributed by atoms with Crippen LogP contribution in [0.25, 0.3) is 22.3 Å². The topological polar surface area (TPSA) is 6.48 Å². The van der Waals surface area contributed by atoms with E-state index in [0.29, 0.717) is 11.8 Å². The quantitative estimate of drug-likeness (QED) is 0.128. The minimum Gasteiger partial charge on any atom is -0.311 e. The van der Waals surface area contributed by atoms with Crippen LogP contribution in [0.2, 0.25) is 0 Å². The minimum atomic E-state index is -0.151. The van der Waals surface area contributed by atoms with E-state index < -0.39 is 0 Å². The Morgan fingerprint density at radius 2 is 0.912 bits per heavy atom. The molecule has 340 valence electrons. The number of anilines is 6. The Morgan fingerprint density at radius 3 is 1.46 bits per heavy atom. The van der Waals surface area contributed by atoms with Crippen LogP contribution in [0.1, 0.15) is 119 Å².